The number of benzene rings is 1. The van der Waals surface area contributed by atoms with Gasteiger partial charge in [0.2, 0.25) is 0 Å². The summed E-state index contributed by atoms with van der Waals surface area (Å²) < 4.78 is 0. The molecule has 0 bridgehead atoms. The summed E-state index contributed by atoms with van der Waals surface area (Å²) in [6.07, 6.45) is 4.05. The number of halogens is 1. The van der Waals surface area contributed by atoms with E-state index in [1.54, 1.807) is 0 Å². The second-order valence-electron chi connectivity index (χ2n) is 3.35. The van der Waals surface area contributed by atoms with Crippen molar-refractivity contribution < 1.29 is 0 Å². The molecule has 70 valence electrons. The van der Waals surface area contributed by atoms with Gasteiger partial charge in [-0.15, -0.1) is 11.6 Å². The Balaban J connectivity index is 3.08. The summed E-state index contributed by atoms with van der Waals surface area (Å²) in [4.78, 5) is 0. The van der Waals surface area contributed by atoms with Gasteiger partial charge in [-0.25, -0.2) is 0 Å². The molecule has 0 aliphatic rings. The molecule has 1 aromatic carbocycles. The lowest BCUT2D eigenvalue weighted by molar-refractivity contribution is 1.29. The van der Waals surface area contributed by atoms with Crippen LogP contribution in [0.3, 0.4) is 0 Å². The van der Waals surface area contributed by atoms with Crippen LogP contribution in [-0.4, -0.2) is 5.88 Å². The van der Waals surface area contributed by atoms with Gasteiger partial charge in [0.1, 0.15) is 0 Å². The van der Waals surface area contributed by atoms with Gasteiger partial charge in [0.05, 0.1) is 0 Å². The maximum atomic E-state index is 5.59. The van der Waals surface area contributed by atoms with Crippen LogP contribution < -0.4 is 0 Å². The van der Waals surface area contributed by atoms with Crippen LogP contribution in [-0.2, 0) is 0 Å². The molecule has 0 saturated heterocycles. The highest BCUT2D eigenvalue weighted by Crippen LogP contribution is 2.16. The molecule has 0 nitrogen and oxygen atoms in total. The Kier molecular flexibility index (Phi) is 3.56. The van der Waals surface area contributed by atoms with Gasteiger partial charge in [-0.1, -0.05) is 24.3 Å². The average Bonchev–Trinajstić information content (AvgIpc) is 2.09. The van der Waals surface area contributed by atoms with E-state index >= 15 is 0 Å². The highest BCUT2D eigenvalue weighted by atomic mass is 35.5. The molecule has 13 heavy (non-hydrogen) atoms. The quantitative estimate of drug-likeness (QED) is 0.628. The van der Waals surface area contributed by atoms with Crippen molar-refractivity contribution in [2.24, 2.45) is 0 Å². The van der Waals surface area contributed by atoms with Gasteiger partial charge >= 0.3 is 0 Å². The first kappa shape index (κ1) is 10.3. The van der Waals surface area contributed by atoms with Crippen molar-refractivity contribution in [2.75, 3.05) is 5.88 Å². The largest absolute Gasteiger partial charge is 0.122 e. The summed E-state index contributed by atoms with van der Waals surface area (Å²) in [6, 6.07) is 4.41. The van der Waals surface area contributed by atoms with E-state index in [1.165, 1.54) is 22.3 Å². The zero-order valence-electron chi connectivity index (χ0n) is 8.39. The molecule has 1 rings (SSSR count). The maximum Gasteiger partial charge on any atom is 0.0407 e. The Bertz CT molecular complexity index is 324. The van der Waals surface area contributed by atoms with E-state index < -0.39 is 0 Å². The van der Waals surface area contributed by atoms with Crippen molar-refractivity contribution in [3.05, 3.63) is 40.5 Å². The van der Waals surface area contributed by atoms with Gasteiger partial charge in [0.15, 0.2) is 0 Å². The fourth-order valence-electron chi connectivity index (χ4n) is 1.33. The Morgan fingerprint density at radius 1 is 1.08 bits per heavy atom. The molecule has 0 heterocycles. The fraction of sp³-hybridized carbons (Fsp3) is 0.333. The van der Waals surface area contributed by atoms with Crippen LogP contribution in [0.15, 0.2) is 18.2 Å². The summed E-state index contributed by atoms with van der Waals surface area (Å²) in [5, 5.41) is 0. The second-order valence-corrected chi connectivity index (χ2v) is 3.66. The summed E-state index contributed by atoms with van der Waals surface area (Å²) in [5.74, 6) is 0.576. The molecule has 0 amide bonds. The Morgan fingerprint density at radius 2 is 1.69 bits per heavy atom. The Hall–Kier alpha value is -0.750. The molecule has 0 unspecified atom stereocenters. The lowest BCUT2D eigenvalue weighted by Gasteiger charge is -2.05. The van der Waals surface area contributed by atoms with E-state index in [4.69, 9.17) is 11.6 Å². The third kappa shape index (κ3) is 2.60. The lowest BCUT2D eigenvalue weighted by atomic mass is 10.0. The van der Waals surface area contributed by atoms with Crippen molar-refractivity contribution >= 4 is 17.7 Å². The first-order valence-corrected chi connectivity index (χ1v) is 4.99. The third-order valence-electron chi connectivity index (χ3n) is 2.27. The summed E-state index contributed by atoms with van der Waals surface area (Å²) in [7, 11) is 0. The Morgan fingerprint density at radius 3 is 2.31 bits per heavy atom. The molecule has 0 fully saturated rings. The maximum absolute atomic E-state index is 5.59. The minimum absolute atomic E-state index is 0.576. The van der Waals surface area contributed by atoms with E-state index in [1.807, 2.05) is 6.08 Å². The smallest absolute Gasteiger partial charge is 0.0407 e. The van der Waals surface area contributed by atoms with Gasteiger partial charge in [0, 0.05) is 5.88 Å². The van der Waals surface area contributed by atoms with E-state index in [0.717, 1.165) is 0 Å². The molecule has 0 aliphatic carbocycles. The zero-order valence-corrected chi connectivity index (χ0v) is 9.15. The number of allylic oxidation sites excluding steroid dienone is 1. The minimum atomic E-state index is 0.576. The molecule has 0 N–H and O–H groups in total. The van der Waals surface area contributed by atoms with E-state index in [-0.39, 0.29) is 0 Å². The number of hydrogen-bond acceptors (Lipinski definition) is 0. The summed E-state index contributed by atoms with van der Waals surface area (Å²) in [5.41, 5.74) is 5.26. The summed E-state index contributed by atoms with van der Waals surface area (Å²) in [6.45, 7) is 6.39. The topological polar surface area (TPSA) is 0 Å². The van der Waals surface area contributed by atoms with Crippen LogP contribution in [0.5, 0.6) is 0 Å². The molecule has 1 aromatic rings. The summed E-state index contributed by atoms with van der Waals surface area (Å²) >= 11 is 5.59. The van der Waals surface area contributed by atoms with Gasteiger partial charge in [-0.05, 0) is 43.0 Å². The predicted octanol–water partition coefficient (Wildman–Crippen LogP) is 3.86. The molecule has 0 atom stereocenters. The predicted molar refractivity (Wildman–Crippen MR) is 60.4 cm³/mol. The lowest BCUT2D eigenvalue weighted by Crippen LogP contribution is -1.87. The standard InChI is InChI=1S/C12H15Cl/c1-9-7-11(3)12(5-4-6-13)8-10(9)2/h4-5,7-8H,6H2,1-3H3. The van der Waals surface area contributed by atoms with Crippen molar-refractivity contribution in [1.82, 2.24) is 0 Å². The molecular weight excluding hydrogens is 180 g/mol. The fourth-order valence-corrected chi connectivity index (χ4v) is 1.42. The van der Waals surface area contributed by atoms with Crippen molar-refractivity contribution in [2.45, 2.75) is 20.8 Å². The second kappa shape index (κ2) is 4.48. The molecule has 0 radical (unpaired) electrons. The van der Waals surface area contributed by atoms with Crippen LogP contribution in [0, 0.1) is 20.8 Å². The van der Waals surface area contributed by atoms with Crippen LogP contribution in [0.25, 0.3) is 6.08 Å². The highest BCUT2D eigenvalue weighted by Gasteiger charge is 1.97. The van der Waals surface area contributed by atoms with E-state index in [0.29, 0.717) is 5.88 Å². The Labute approximate surface area is 85.2 Å². The van der Waals surface area contributed by atoms with Crippen molar-refractivity contribution in [3.8, 4) is 0 Å². The zero-order chi connectivity index (χ0) is 9.84. The average molecular weight is 195 g/mol. The first-order chi connectivity index (χ1) is 6.15. The normalized spacial score (nSPS) is 11.1. The van der Waals surface area contributed by atoms with Crippen LogP contribution >= 0.6 is 11.6 Å². The molecule has 1 heteroatoms. The monoisotopic (exact) mass is 194 g/mol. The first-order valence-electron chi connectivity index (χ1n) is 4.45. The number of rotatable bonds is 2. The molecule has 0 aromatic heterocycles. The molecular formula is C12H15Cl. The van der Waals surface area contributed by atoms with Crippen LogP contribution in [0.4, 0.5) is 0 Å². The van der Waals surface area contributed by atoms with Gasteiger partial charge in [-0.3, -0.25) is 0 Å². The third-order valence-corrected chi connectivity index (χ3v) is 2.45. The number of aryl methyl sites for hydroxylation is 3. The van der Waals surface area contributed by atoms with Gasteiger partial charge in [-0.2, -0.15) is 0 Å². The SMILES string of the molecule is Cc1cc(C)c(C=CCCl)cc1C. The van der Waals surface area contributed by atoms with Crippen molar-refractivity contribution in [1.29, 1.82) is 0 Å². The van der Waals surface area contributed by atoms with Crippen molar-refractivity contribution in [3.63, 3.8) is 0 Å². The molecule has 0 aliphatic heterocycles. The minimum Gasteiger partial charge on any atom is -0.122 e. The van der Waals surface area contributed by atoms with Gasteiger partial charge < -0.3 is 0 Å². The van der Waals surface area contributed by atoms with E-state index in [9.17, 15) is 0 Å². The van der Waals surface area contributed by atoms with Crippen LogP contribution in [0.2, 0.25) is 0 Å². The van der Waals surface area contributed by atoms with Crippen LogP contribution in [0.1, 0.15) is 22.3 Å². The highest BCUT2D eigenvalue weighted by molar-refractivity contribution is 6.19. The van der Waals surface area contributed by atoms with E-state index in [2.05, 4.69) is 39.0 Å². The molecule has 0 saturated carbocycles. The van der Waals surface area contributed by atoms with Gasteiger partial charge in [0.25, 0.3) is 0 Å². The number of hydrogen-bond donors (Lipinski definition) is 0. The molecule has 0 spiro atoms. The number of alkyl halides is 1.